The first-order valence-electron chi connectivity index (χ1n) is 7.80. The Bertz CT molecular complexity index is 1010. The van der Waals surface area contributed by atoms with Gasteiger partial charge in [-0.3, -0.25) is 14.5 Å². The second kappa shape index (κ2) is 6.04. The smallest absolute Gasteiger partial charge is 0.334 e. The molecule has 0 radical (unpaired) electrons. The van der Waals surface area contributed by atoms with Gasteiger partial charge in [-0.1, -0.05) is 17.3 Å². The number of alkyl halides is 3. The zero-order valence-electron chi connectivity index (χ0n) is 13.5. The van der Waals surface area contributed by atoms with Crippen LogP contribution in [-0.2, 0) is 12.7 Å². The van der Waals surface area contributed by atoms with Crippen LogP contribution in [0.15, 0.2) is 53.1 Å². The molecule has 136 valence electrons. The molecule has 6 nitrogen and oxygen atoms in total. The highest BCUT2D eigenvalue weighted by Gasteiger charge is 2.36. The number of rotatable bonds is 3. The lowest BCUT2D eigenvalue weighted by Gasteiger charge is -2.10. The first kappa shape index (κ1) is 17.0. The molecular weight excluding hydrogens is 363 g/mol. The summed E-state index contributed by atoms with van der Waals surface area (Å²) in [5.74, 6) is -0.859. The Morgan fingerprint density at radius 1 is 0.926 bits per heavy atom. The fourth-order valence-corrected chi connectivity index (χ4v) is 2.76. The van der Waals surface area contributed by atoms with Crippen molar-refractivity contribution in [1.29, 1.82) is 0 Å². The molecular formula is C18H10F3N3O3. The highest BCUT2D eigenvalue weighted by molar-refractivity contribution is 6.21. The van der Waals surface area contributed by atoms with Gasteiger partial charge < -0.3 is 4.52 Å². The lowest BCUT2D eigenvalue weighted by Crippen LogP contribution is -2.29. The number of aromatic nitrogens is 2. The molecule has 27 heavy (non-hydrogen) atoms. The molecule has 0 saturated heterocycles. The van der Waals surface area contributed by atoms with E-state index in [1.165, 1.54) is 12.1 Å². The van der Waals surface area contributed by atoms with Gasteiger partial charge in [0.15, 0.2) is 5.82 Å². The lowest BCUT2D eigenvalue weighted by atomic mass is 10.1. The summed E-state index contributed by atoms with van der Waals surface area (Å²) in [4.78, 5) is 29.7. The van der Waals surface area contributed by atoms with Crippen LogP contribution in [0.3, 0.4) is 0 Å². The van der Waals surface area contributed by atoms with Crippen LogP contribution in [0.5, 0.6) is 0 Å². The summed E-state index contributed by atoms with van der Waals surface area (Å²) in [7, 11) is 0. The highest BCUT2D eigenvalue weighted by Crippen LogP contribution is 2.31. The van der Waals surface area contributed by atoms with Gasteiger partial charge in [0.2, 0.25) is 0 Å². The predicted octanol–water partition coefficient (Wildman–Crippen LogP) is 3.55. The minimum absolute atomic E-state index is 0.00432. The number of halogens is 3. The first-order chi connectivity index (χ1) is 12.8. The number of nitrogens with zero attached hydrogens (tertiary/aromatic N) is 3. The maximum Gasteiger partial charge on any atom is 0.416 e. The van der Waals surface area contributed by atoms with Crippen LogP contribution in [0.25, 0.3) is 11.5 Å². The molecule has 0 fully saturated rings. The summed E-state index contributed by atoms with van der Waals surface area (Å²) in [6.45, 7) is -0.198. The van der Waals surface area contributed by atoms with E-state index in [0.29, 0.717) is 16.7 Å². The van der Waals surface area contributed by atoms with Gasteiger partial charge in [0.25, 0.3) is 17.7 Å². The SMILES string of the molecule is O=C1c2ccccc2C(=O)N1Cc1noc(-c2ccc(C(F)(F)F)cc2)n1. The second-order valence-electron chi connectivity index (χ2n) is 5.83. The third-order valence-corrected chi connectivity index (χ3v) is 4.10. The van der Waals surface area contributed by atoms with E-state index in [0.717, 1.165) is 17.0 Å². The average Bonchev–Trinajstić information content (AvgIpc) is 3.21. The maximum absolute atomic E-state index is 12.6. The van der Waals surface area contributed by atoms with E-state index in [9.17, 15) is 22.8 Å². The van der Waals surface area contributed by atoms with Crippen LogP contribution < -0.4 is 0 Å². The van der Waals surface area contributed by atoms with E-state index in [2.05, 4.69) is 10.1 Å². The summed E-state index contributed by atoms with van der Waals surface area (Å²) in [5, 5.41) is 3.70. The Labute approximate surface area is 150 Å². The molecule has 2 aromatic carbocycles. The van der Waals surface area contributed by atoms with Gasteiger partial charge in [0.05, 0.1) is 23.2 Å². The Morgan fingerprint density at radius 3 is 2.07 bits per heavy atom. The number of benzene rings is 2. The van der Waals surface area contributed by atoms with E-state index in [1.54, 1.807) is 24.3 Å². The van der Waals surface area contributed by atoms with E-state index >= 15 is 0 Å². The Balaban J connectivity index is 1.54. The number of fused-ring (bicyclic) bond motifs is 1. The standard InChI is InChI=1S/C18H10F3N3O3/c19-18(20,21)11-7-5-10(6-8-11)15-22-14(23-27-15)9-24-16(25)12-3-1-2-4-13(12)17(24)26/h1-8H,9H2. The summed E-state index contributed by atoms with van der Waals surface area (Å²) in [6, 6.07) is 10.7. The molecule has 4 rings (SSSR count). The van der Waals surface area contributed by atoms with Crippen LogP contribution in [0.1, 0.15) is 32.1 Å². The molecule has 0 spiro atoms. The fourth-order valence-electron chi connectivity index (χ4n) is 2.76. The molecule has 1 aliphatic heterocycles. The monoisotopic (exact) mass is 373 g/mol. The quantitative estimate of drug-likeness (QED) is 0.657. The number of hydrogen-bond acceptors (Lipinski definition) is 5. The fraction of sp³-hybridized carbons (Fsp3) is 0.111. The molecule has 3 aromatic rings. The largest absolute Gasteiger partial charge is 0.416 e. The minimum Gasteiger partial charge on any atom is -0.334 e. The summed E-state index contributed by atoms with van der Waals surface area (Å²) >= 11 is 0. The molecule has 2 heterocycles. The van der Waals surface area contributed by atoms with Gasteiger partial charge in [-0.25, -0.2) is 0 Å². The maximum atomic E-state index is 12.6. The van der Waals surface area contributed by atoms with E-state index in [1.807, 2.05) is 0 Å². The van der Waals surface area contributed by atoms with Crippen LogP contribution in [0.4, 0.5) is 13.2 Å². The molecule has 0 bridgehead atoms. The van der Waals surface area contributed by atoms with Gasteiger partial charge in [-0.15, -0.1) is 0 Å². The van der Waals surface area contributed by atoms with E-state index in [4.69, 9.17) is 4.52 Å². The van der Waals surface area contributed by atoms with Crippen molar-refractivity contribution < 1.29 is 27.3 Å². The van der Waals surface area contributed by atoms with Crippen molar-refractivity contribution in [3.8, 4) is 11.5 Å². The molecule has 0 atom stereocenters. The predicted molar refractivity (Wildman–Crippen MR) is 85.4 cm³/mol. The molecule has 0 N–H and O–H groups in total. The van der Waals surface area contributed by atoms with Crippen LogP contribution in [-0.4, -0.2) is 26.9 Å². The van der Waals surface area contributed by atoms with Crippen LogP contribution in [0, 0.1) is 0 Å². The van der Waals surface area contributed by atoms with Crippen molar-refractivity contribution in [2.75, 3.05) is 0 Å². The second-order valence-corrected chi connectivity index (χ2v) is 5.83. The first-order valence-corrected chi connectivity index (χ1v) is 7.80. The van der Waals surface area contributed by atoms with Crippen molar-refractivity contribution in [3.63, 3.8) is 0 Å². The number of imide groups is 1. The van der Waals surface area contributed by atoms with Crippen LogP contribution >= 0.6 is 0 Å². The zero-order valence-corrected chi connectivity index (χ0v) is 13.5. The van der Waals surface area contributed by atoms with Crippen molar-refractivity contribution in [1.82, 2.24) is 15.0 Å². The van der Waals surface area contributed by atoms with Crippen molar-refractivity contribution >= 4 is 11.8 Å². The van der Waals surface area contributed by atoms with Crippen molar-refractivity contribution in [3.05, 3.63) is 71.0 Å². The highest BCUT2D eigenvalue weighted by atomic mass is 19.4. The third-order valence-electron chi connectivity index (χ3n) is 4.10. The number of amides is 2. The Hall–Kier alpha value is -3.49. The van der Waals surface area contributed by atoms with Crippen molar-refractivity contribution in [2.24, 2.45) is 0 Å². The molecule has 1 aliphatic rings. The number of carbonyl (C=O) groups excluding carboxylic acids is 2. The van der Waals surface area contributed by atoms with Gasteiger partial charge >= 0.3 is 6.18 Å². The summed E-state index contributed by atoms with van der Waals surface area (Å²) in [5.41, 5.74) is 0.101. The molecule has 9 heteroatoms. The van der Waals surface area contributed by atoms with Gasteiger partial charge in [0.1, 0.15) is 0 Å². The summed E-state index contributed by atoms with van der Waals surface area (Å²) in [6.07, 6.45) is -4.44. The van der Waals surface area contributed by atoms with Gasteiger partial charge in [-0.2, -0.15) is 18.2 Å². The molecule has 0 aliphatic carbocycles. The topological polar surface area (TPSA) is 76.3 Å². The van der Waals surface area contributed by atoms with Crippen LogP contribution in [0.2, 0.25) is 0 Å². The van der Waals surface area contributed by atoms with Crippen molar-refractivity contribution in [2.45, 2.75) is 12.7 Å². The normalized spacial score (nSPS) is 14.0. The average molecular weight is 373 g/mol. The van der Waals surface area contributed by atoms with E-state index < -0.39 is 23.6 Å². The minimum atomic E-state index is -4.44. The van der Waals surface area contributed by atoms with E-state index in [-0.39, 0.29) is 18.3 Å². The zero-order chi connectivity index (χ0) is 19.2. The van der Waals surface area contributed by atoms with Gasteiger partial charge in [-0.05, 0) is 36.4 Å². The molecule has 2 amide bonds. The Kier molecular flexibility index (Phi) is 3.79. The molecule has 0 unspecified atom stereocenters. The lowest BCUT2D eigenvalue weighted by molar-refractivity contribution is -0.137. The number of hydrogen-bond donors (Lipinski definition) is 0. The Morgan fingerprint density at radius 2 is 1.52 bits per heavy atom. The van der Waals surface area contributed by atoms with Gasteiger partial charge in [0, 0.05) is 5.56 Å². The number of carbonyl (C=O) groups is 2. The summed E-state index contributed by atoms with van der Waals surface area (Å²) < 4.78 is 42.9. The third kappa shape index (κ3) is 2.97. The molecule has 0 saturated carbocycles. The molecule has 1 aromatic heterocycles.